The highest BCUT2D eigenvalue weighted by atomic mass is 16.4. The Morgan fingerprint density at radius 2 is 1.55 bits per heavy atom. The van der Waals surface area contributed by atoms with Crippen LogP contribution in [-0.4, -0.2) is 75.9 Å². The maximum Gasteiger partial charge on any atom is 0.326 e. The molecule has 0 aromatic rings. The second-order valence-electron chi connectivity index (χ2n) is 9.32. The molecule has 4 N–H and O–H groups in total. The SMILES string of the molecule is CC[C@H](C)[C@H](N)C(=O)N1CCC[C@H]1C(=O)N[C@@H](CC(C)C)C(=O)N1CCC[C@H]1C(=O)O. The van der Waals surface area contributed by atoms with E-state index < -0.39 is 30.1 Å². The van der Waals surface area contributed by atoms with Gasteiger partial charge < -0.3 is 26.0 Å². The second kappa shape index (κ2) is 10.9. The van der Waals surface area contributed by atoms with Crippen molar-refractivity contribution in [3.63, 3.8) is 0 Å². The van der Waals surface area contributed by atoms with Crippen LogP contribution in [0.4, 0.5) is 0 Å². The Balaban J connectivity index is 2.13. The standard InChI is InChI=1S/C22H38N4O5/c1-5-14(4)18(23)21(29)25-10-6-8-16(25)19(27)24-15(12-13(2)3)20(28)26-11-7-9-17(26)22(30)31/h13-18H,5-12,23H2,1-4H3,(H,24,27)(H,30,31)/t14-,15-,16-,17-,18-/m0/s1. The predicted molar refractivity (Wildman–Crippen MR) is 116 cm³/mol. The smallest absolute Gasteiger partial charge is 0.326 e. The number of likely N-dealkylation sites (tertiary alicyclic amines) is 2. The molecule has 3 amide bonds. The van der Waals surface area contributed by atoms with Crippen molar-refractivity contribution < 1.29 is 24.3 Å². The average Bonchev–Trinajstić information content (AvgIpc) is 3.40. The number of carbonyl (C=O) groups excluding carboxylic acids is 3. The molecular weight excluding hydrogens is 400 g/mol. The van der Waals surface area contributed by atoms with E-state index in [-0.39, 0.29) is 29.6 Å². The first kappa shape index (κ1) is 25.1. The molecule has 2 heterocycles. The van der Waals surface area contributed by atoms with Gasteiger partial charge in [-0.15, -0.1) is 0 Å². The first-order chi connectivity index (χ1) is 14.6. The van der Waals surface area contributed by atoms with Crippen LogP contribution in [0.5, 0.6) is 0 Å². The quantitative estimate of drug-likeness (QED) is 0.491. The Labute approximate surface area is 184 Å². The number of hydrogen-bond acceptors (Lipinski definition) is 5. The number of carbonyl (C=O) groups is 4. The third kappa shape index (κ3) is 5.96. The van der Waals surface area contributed by atoms with Crippen LogP contribution in [0.1, 0.15) is 66.2 Å². The fourth-order valence-electron chi connectivity index (χ4n) is 4.44. The van der Waals surface area contributed by atoms with E-state index in [0.717, 1.165) is 6.42 Å². The lowest BCUT2D eigenvalue weighted by molar-refractivity contribution is -0.150. The van der Waals surface area contributed by atoms with Crippen LogP contribution >= 0.6 is 0 Å². The van der Waals surface area contributed by atoms with Gasteiger partial charge in [0.05, 0.1) is 6.04 Å². The number of amides is 3. The lowest BCUT2D eigenvalue weighted by atomic mass is 9.98. The first-order valence-electron chi connectivity index (χ1n) is 11.5. The highest BCUT2D eigenvalue weighted by Gasteiger charge is 2.41. The summed E-state index contributed by atoms with van der Waals surface area (Å²) in [4.78, 5) is 53.6. The van der Waals surface area contributed by atoms with E-state index >= 15 is 0 Å². The van der Waals surface area contributed by atoms with E-state index in [4.69, 9.17) is 5.73 Å². The summed E-state index contributed by atoms with van der Waals surface area (Å²) in [5.41, 5.74) is 6.12. The summed E-state index contributed by atoms with van der Waals surface area (Å²) < 4.78 is 0. The Kier molecular flexibility index (Phi) is 8.85. The van der Waals surface area contributed by atoms with Crippen molar-refractivity contribution in [2.24, 2.45) is 17.6 Å². The van der Waals surface area contributed by atoms with Gasteiger partial charge in [-0.2, -0.15) is 0 Å². The molecule has 0 aromatic heterocycles. The van der Waals surface area contributed by atoms with E-state index in [1.807, 2.05) is 27.7 Å². The van der Waals surface area contributed by atoms with Crippen molar-refractivity contribution in [1.82, 2.24) is 15.1 Å². The predicted octanol–water partition coefficient (Wildman–Crippen LogP) is 0.957. The highest BCUT2D eigenvalue weighted by Crippen LogP contribution is 2.23. The zero-order chi connectivity index (χ0) is 23.3. The molecule has 9 nitrogen and oxygen atoms in total. The van der Waals surface area contributed by atoms with Gasteiger partial charge in [0.2, 0.25) is 17.7 Å². The van der Waals surface area contributed by atoms with Crippen LogP contribution in [0.2, 0.25) is 0 Å². The minimum atomic E-state index is -1.02. The molecule has 176 valence electrons. The molecule has 0 spiro atoms. The van der Waals surface area contributed by atoms with Crippen molar-refractivity contribution in [2.75, 3.05) is 13.1 Å². The van der Waals surface area contributed by atoms with Gasteiger partial charge in [-0.3, -0.25) is 14.4 Å². The average molecular weight is 439 g/mol. The van der Waals surface area contributed by atoms with Crippen LogP contribution in [0, 0.1) is 11.8 Å². The Hall–Kier alpha value is -2.16. The first-order valence-corrected chi connectivity index (χ1v) is 11.5. The van der Waals surface area contributed by atoms with Crippen LogP contribution in [0.15, 0.2) is 0 Å². The van der Waals surface area contributed by atoms with Gasteiger partial charge in [0.1, 0.15) is 18.1 Å². The van der Waals surface area contributed by atoms with Crippen LogP contribution < -0.4 is 11.1 Å². The zero-order valence-electron chi connectivity index (χ0n) is 19.2. The molecule has 2 aliphatic heterocycles. The summed E-state index contributed by atoms with van der Waals surface area (Å²) in [7, 11) is 0. The molecule has 9 heteroatoms. The molecule has 0 aliphatic carbocycles. The number of carboxylic acid groups (broad SMARTS) is 1. The van der Waals surface area contributed by atoms with Crippen molar-refractivity contribution in [2.45, 2.75) is 90.4 Å². The maximum atomic E-state index is 13.1. The lowest BCUT2D eigenvalue weighted by Gasteiger charge is -2.32. The van der Waals surface area contributed by atoms with Gasteiger partial charge in [0.25, 0.3) is 0 Å². The number of nitrogens with zero attached hydrogens (tertiary/aromatic N) is 2. The molecular formula is C22H38N4O5. The van der Waals surface area contributed by atoms with E-state index in [2.05, 4.69) is 5.32 Å². The molecule has 0 radical (unpaired) electrons. The van der Waals surface area contributed by atoms with Crippen LogP contribution in [0.3, 0.4) is 0 Å². The molecule has 0 bridgehead atoms. The second-order valence-corrected chi connectivity index (χ2v) is 9.32. The zero-order valence-corrected chi connectivity index (χ0v) is 19.2. The van der Waals surface area contributed by atoms with E-state index in [9.17, 15) is 24.3 Å². The van der Waals surface area contributed by atoms with Crippen LogP contribution in [0.25, 0.3) is 0 Å². The Morgan fingerprint density at radius 1 is 1.00 bits per heavy atom. The maximum absolute atomic E-state index is 13.1. The number of nitrogens with one attached hydrogen (secondary N) is 1. The highest BCUT2D eigenvalue weighted by molar-refractivity contribution is 5.94. The summed E-state index contributed by atoms with van der Waals surface area (Å²) in [5.74, 6) is -1.85. The molecule has 0 aromatic carbocycles. The summed E-state index contributed by atoms with van der Waals surface area (Å²) in [6.07, 6.45) is 3.44. The van der Waals surface area contributed by atoms with Crippen molar-refractivity contribution in [3.05, 3.63) is 0 Å². The van der Waals surface area contributed by atoms with Crippen molar-refractivity contribution in [1.29, 1.82) is 0 Å². The number of rotatable bonds is 9. The number of carboxylic acids is 1. The van der Waals surface area contributed by atoms with Gasteiger partial charge in [0, 0.05) is 13.1 Å². The molecule has 2 rings (SSSR count). The molecule has 2 saturated heterocycles. The summed E-state index contributed by atoms with van der Waals surface area (Å²) in [6.45, 7) is 8.62. The van der Waals surface area contributed by atoms with Crippen molar-refractivity contribution >= 4 is 23.7 Å². The summed E-state index contributed by atoms with van der Waals surface area (Å²) in [6, 6.07) is -2.98. The van der Waals surface area contributed by atoms with E-state index in [0.29, 0.717) is 45.2 Å². The fraction of sp³-hybridized carbons (Fsp3) is 0.818. The minimum absolute atomic E-state index is 0.00944. The van der Waals surface area contributed by atoms with Gasteiger partial charge in [-0.05, 0) is 43.9 Å². The largest absolute Gasteiger partial charge is 0.480 e. The lowest BCUT2D eigenvalue weighted by Crippen LogP contribution is -2.57. The fourth-order valence-corrected chi connectivity index (χ4v) is 4.44. The Bertz CT molecular complexity index is 683. The number of aliphatic carboxylic acids is 1. The number of nitrogens with two attached hydrogens (primary N) is 1. The molecule has 0 unspecified atom stereocenters. The molecule has 2 fully saturated rings. The van der Waals surface area contributed by atoms with Gasteiger partial charge in [-0.25, -0.2) is 4.79 Å². The Morgan fingerprint density at radius 3 is 2.06 bits per heavy atom. The molecule has 31 heavy (non-hydrogen) atoms. The minimum Gasteiger partial charge on any atom is -0.480 e. The summed E-state index contributed by atoms with van der Waals surface area (Å²) >= 11 is 0. The number of hydrogen-bond donors (Lipinski definition) is 3. The summed E-state index contributed by atoms with van der Waals surface area (Å²) in [5, 5.41) is 12.3. The normalized spacial score (nSPS) is 24.2. The van der Waals surface area contributed by atoms with E-state index in [1.54, 1.807) is 4.90 Å². The van der Waals surface area contributed by atoms with Gasteiger partial charge in [0.15, 0.2) is 0 Å². The van der Waals surface area contributed by atoms with E-state index in [1.165, 1.54) is 4.90 Å². The van der Waals surface area contributed by atoms with Gasteiger partial charge >= 0.3 is 5.97 Å². The monoisotopic (exact) mass is 438 g/mol. The molecule has 5 atom stereocenters. The van der Waals surface area contributed by atoms with Crippen LogP contribution in [-0.2, 0) is 19.2 Å². The topological polar surface area (TPSA) is 133 Å². The van der Waals surface area contributed by atoms with Gasteiger partial charge in [-0.1, -0.05) is 34.1 Å². The molecule has 0 saturated carbocycles. The van der Waals surface area contributed by atoms with Crippen molar-refractivity contribution in [3.8, 4) is 0 Å². The molecule has 2 aliphatic rings. The third-order valence-electron chi connectivity index (χ3n) is 6.52. The third-order valence-corrected chi connectivity index (χ3v) is 6.52.